The standard InChI is InChI=1S/C13H20N2O5S3/c1-2-22(16,17)14-7-5-13(6-8-14)15(9-10-20-13)23(18,19)12-4-3-11-21-12/h3-4,11H,2,5-10H2,1H3. The highest BCUT2D eigenvalue weighted by Gasteiger charge is 2.51. The molecule has 1 aromatic rings. The number of hydrogen-bond donors (Lipinski definition) is 0. The Morgan fingerprint density at radius 3 is 2.48 bits per heavy atom. The fourth-order valence-electron chi connectivity index (χ4n) is 3.14. The summed E-state index contributed by atoms with van der Waals surface area (Å²) in [5.74, 6) is 0.0536. The first-order valence-corrected chi connectivity index (χ1v) is 11.4. The van der Waals surface area contributed by atoms with Gasteiger partial charge >= 0.3 is 0 Å². The Balaban J connectivity index is 1.83. The number of rotatable bonds is 4. The van der Waals surface area contributed by atoms with Gasteiger partial charge in [0.1, 0.15) is 9.93 Å². The minimum absolute atomic E-state index is 0.0536. The van der Waals surface area contributed by atoms with Crippen LogP contribution >= 0.6 is 11.3 Å². The smallest absolute Gasteiger partial charge is 0.255 e. The van der Waals surface area contributed by atoms with E-state index in [9.17, 15) is 16.8 Å². The summed E-state index contributed by atoms with van der Waals surface area (Å²) in [6.45, 7) is 2.82. The Labute approximate surface area is 140 Å². The van der Waals surface area contributed by atoms with Crippen LogP contribution in [-0.4, -0.2) is 63.2 Å². The zero-order valence-electron chi connectivity index (χ0n) is 12.8. The lowest BCUT2D eigenvalue weighted by Crippen LogP contribution is -2.55. The molecule has 0 atom stereocenters. The maximum absolute atomic E-state index is 12.8. The maximum Gasteiger partial charge on any atom is 0.255 e. The van der Waals surface area contributed by atoms with E-state index in [0.29, 0.717) is 30.2 Å². The minimum Gasteiger partial charge on any atom is -0.358 e. The molecule has 1 spiro atoms. The predicted octanol–water partition coefficient (Wildman–Crippen LogP) is 0.911. The molecule has 0 saturated carbocycles. The highest BCUT2D eigenvalue weighted by atomic mass is 32.2. The van der Waals surface area contributed by atoms with Crippen molar-refractivity contribution in [2.75, 3.05) is 32.0 Å². The summed E-state index contributed by atoms with van der Waals surface area (Å²) in [4.78, 5) is 0. The van der Waals surface area contributed by atoms with Crippen molar-refractivity contribution in [1.82, 2.24) is 8.61 Å². The van der Waals surface area contributed by atoms with E-state index in [1.807, 2.05) is 0 Å². The molecule has 23 heavy (non-hydrogen) atoms. The average molecular weight is 381 g/mol. The summed E-state index contributed by atoms with van der Waals surface area (Å²) in [6.07, 6.45) is 0.716. The van der Waals surface area contributed by atoms with Crippen molar-refractivity contribution in [3.8, 4) is 0 Å². The second kappa shape index (κ2) is 6.08. The lowest BCUT2D eigenvalue weighted by molar-refractivity contribution is -0.0805. The van der Waals surface area contributed by atoms with Crippen LogP contribution in [0.3, 0.4) is 0 Å². The van der Waals surface area contributed by atoms with Crippen molar-refractivity contribution in [3.05, 3.63) is 17.5 Å². The summed E-state index contributed by atoms with van der Waals surface area (Å²) in [5.41, 5.74) is -0.914. The van der Waals surface area contributed by atoms with Crippen LogP contribution in [0.1, 0.15) is 19.8 Å². The Kier molecular flexibility index (Phi) is 4.58. The summed E-state index contributed by atoms with van der Waals surface area (Å²) in [6, 6.07) is 3.29. The van der Waals surface area contributed by atoms with Crippen molar-refractivity contribution >= 4 is 31.4 Å². The van der Waals surface area contributed by atoms with Crippen molar-refractivity contribution in [2.24, 2.45) is 0 Å². The minimum atomic E-state index is -3.60. The van der Waals surface area contributed by atoms with Gasteiger partial charge in [-0.2, -0.15) is 4.31 Å². The van der Waals surface area contributed by atoms with Crippen molar-refractivity contribution in [1.29, 1.82) is 0 Å². The lowest BCUT2D eigenvalue weighted by Gasteiger charge is -2.42. The van der Waals surface area contributed by atoms with E-state index in [2.05, 4.69) is 0 Å². The Morgan fingerprint density at radius 1 is 1.22 bits per heavy atom. The van der Waals surface area contributed by atoms with Gasteiger partial charge in [0.25, 0.3) is 10.0 Å². The molecule has 3 heterocycles. The zero-order valence-corrected chi connectivity index (χ0v) is 15.3. The van der Waals surface area contributed by atoms with Gasteiger partial charge < -0.3 is 4.74 Å². The molecule has 0 amide bonds. The van der Waals surface area contributed by atoms with Gasteiger partial charge in [-0.15, -0.1) is 11.3 Å². The molecule has 0 unspecified atom stereocenters. The average Bonchev–Trinajstić information content (AvgIpc) is 3.18. The molecule has 0 radical (unpaired) electrons. The fraction of sp³-hybridized carbons (Fsp3) is 0.692. The van der Waals surface area contributed by atoms with Crippen LogP contribution in [0, 0.1) is 0 Å². The molecule has 0 bridgehead atoms. The second-order valence-corrected chi connectivity index (χ2v) is 10.9. The highest BCUT2D eigenvalue weighted by Crippen LogP contribution is 2.39. The molecule has 2 saturated heterocycles. The van der Waals surface area contributed by atoms with Crippen molar-refractivity contribution in [3.63, 3.8) is 0 Å². The summed E-state index contributed by atoms with van der Waals surface area (Å²) in [5, 5.41) is 1.73. The van der Waals surface area contributed by atoms with Gasteiger partial charge in [0, 0.05) is 32.5 Å². The predicted molar refractivity (Wildman–Crippen MR) is 87.2 cm³/mol. The van der Waals surface area contributed by atoms with E-state index in [1.54, 1.807) is 24.4 Å². The van der Waals surface area contributed by atoms with E-state index in [0.717, 1.165) is 0 Å². The highest BCUT2D eigenvalue weighted by molar-refractivity contribution is 7.91. The molecular weight excluding hydrogens is 360 g/mol. The van der Waals surface area contributed by atoms with Crippen LogP contribution in [0.25, 0.3) is 0 Å². The molecule has 10 heteroatoms. The second-order valence-electron chi connectivity index (χ2n) is 5.60. The van der Waals surface area contributed by atoms with E-state index < -0.39 is 25.8 Å². The number of nitrogens with zero attached hydrogens (tertiary/aromatic N) is 2. The molecular formula is C13H20N2O5S3. The summed E-state index contributed by atoms with van der Waals surface area (Å²) in [7, 11) is -6.85. The summed E-state index contributed by atoms with van der Waals surface area (Å²) < 4.78 is 58.6. The summed E-state index contributed by atoms with van der Waals surface area (Å²) >= 11 is 1.18. The van der Waals surface area contributed by atoms with Gasteiger partial charge in [0.05, 0.1) is 12.4 Å². The molecule has 2 aliphatic rings. The Hall–Kier alpha value is -0.520. The largest absolute Gasteiger partial charge is 0.358 e. The number of hydrogen-bond acceptors (Lipinski definition) is 6. The van der Waals surface area contributed by atoms with Crippen LogP contribution in [0.4, 0.5) is 0 Å². The van der Waals surface area contributed by atoms with Crippen molar-refractivity contribution in [2.45, 2.75) is 29.7 Å². The molecule has 3 rings (SSSR count). The SMILES string of the molecule is CCS(=O)(=O)N1CCC2(CC1)OCCN2S(=O)(=O)c1cccs1. The molecule has 130 valence electrons. The molecule has 2 aliphatic heterocycles. The molecule has 2 fully saturated rings. The number of ether oxygens (including phenoxy) is 1. The van der Waals surface area contributed by atoms with E-state index in [4.69, 9.17) is 4.74 Å². The third-order valence-electron chi connectivity index (χ3n) is 4.42. The quantitative estimate of drug-likeness (QED) is 0.775. The third kappa shape index (κ3) is 2.96. The first kappa shape index (κ1) is 17.3. The molecule has 0 aliphatic carbocycles. The molecule has 0 N–H and O–H groups in total. The van der Waals surface area contributed by atoms with Crippen LogP contribution in [-0.2, 0) is 24.8 Å². The van der Waals surface area contributed by atoms with Gasteiger partial charge in [-0.3, -0.25) is 0 Å². The van der Waals surface area contributed by atoms with Gasteiger partial charge in [-0.1, -0.05) is 6.07 Å². The van der Waals surface area contributed by atoms with Gasteiger partial charge in [0.2, 0.25) is 10.0 Å². The van der Waals surface area contributed by atoms with Crippen molar-refractivity contribution < 1.29 is 21.6 Å². The lowest BCUT2D eigenvalue weighted by atomic mass is 10.0. The number of piperidine rings is 1. The van der Waals surface area contributed by atoms with Gasteiger partial charge in [-0.25, -0.2) is 21.1 Å². The maximum atomic E-state index is 12.8. The van der Waals surface area contributed by atoms with Crippen LogP contribution in [0.5, 0.6) is 0 Å². The van der Waals surface area contributed by atoms with E-state index >= 15 is 0 Å². The topological polar surface area (TPSA) is 84.0 Å². The molecule has 0 aromatic carbocycles. The zero-order chi connectivity index (χ0) is 16.7. The van der Waals surface area contributed by atoms with Crippen LogP contribution in [0.15, 0.2) is 21.7 Å². The Bertz CT molecular complexity index is 750. The fourth-order valence-corrected chi connectivity index (χ4v) is 7.07. The molecule has 7 nitrogen and oxygen atoms in total. The van der Waals surface area contributed by atoms with Gasteiger partial charge in [0.15, 0.2) is 0 Å². The normalized spacial score (nSPS) is 23.5. The van der Waals surface area contributed by atoms with Crippen LogP contribution < -0.4 is 0 Å². The first-order chi connectivity index (χ1) is 10.8. The third-order valence-corrected chi connectivity index (χ3v) is 9.62. The monoisotopic (exact) mass is 380 g/mol. The van der Waals surface area contributed by atoms with E-state index in [1.165, 1.54) is 19.9 Å². The number of sulfonamides is 2. The van der Waals surface area contributed by atoms with E-state index in [-0.39, 0.29) is 18.8 Å². The van der Waals surface area contributed by atoms with Gasteiger partial charge in [-0.05, 0) is 18.4 Å². The van der Waals surface area contributed by atoms with Crippen LogP contribution in [0.2, 0.25) is 0 Å². The Morgan fingerprint density at radius 2 is 1.91 bits per heavy atom. The first-order valence-electron chi connectivity index (χ1n) is 7.50. The number of thiophene rings is 1. The molecule has 1 aromatic heterocycles.